The molecule has 0 aliphatic carbocycles. The smallest absolute Gasteiger partial charge is 0.174 e. The summed E-state index contributed by atoms with van der Waals surface area (Å²) in [7, 11) is 2.14. The minimum atomic E-state index is -0.0411. The van der Waals surface area contributed by atoms with Gasteiger partial charge in [-0.05, 0) is 87.5 Å². The number of aromatic nitrogens is 10. The molecule has 0 saturated heterocycles. The maximum atomic E-state index is 12.8. The minimum absolute atomic E-state index is 0.0407. The van der Waals surface area contributed by atoms with Crippen LogP contribution in [0.25, 0.3) is 22.5 Å². The highest BCUT2D eigenvalue weighted by molar-refractivity contribution is 7.14. The summed E-state index contributed by atoms with van der Waals surface area (Å²) in [5, 5.41) is 21.5. The SMILES string of the molecule is Cc1cc(-c2cc(Nc3cc4n(n3)CCCN(C)C4)ncn2)ccc1CCC(=O)c1cnc(C(C)(C)C)s1.Cc1cc(-c2cc(Nc3cc4n(n3)CCCNC4)ncn2)ccc1CCC(=O)c1cnc(C(C)(C)C)s1. The van der Waals surface area contributed by atoms with E-state index in [0.717, 1.165) is 123 Å². The zero-order chi connectivity index (χ0) is 52.9. The third kappa shape index (κ3) is 13.5. The van der Waals surface area contributed by atoms with Gasteiger partial charge in [0.05, 0.1) is 42.5 Å². The molecule has 6 aromatic heterocycles. The Hall–Kier alpha value is -6.86. The first kappa shape index (κ1) is 53.0. The third-order valence-electron chi connectivity index (χ3n) is 13.3. The number of aryl methyl sites for hydroxylation is 6. The normalized spacial score (nSPS) is 14.0. The average Bonchev–Trinajstić information content (AvgIpc) is 4.18. The van der Waals surface area contributed by atoms with E-state index in [1.807, 2.05) is 12.1 Å². The van der Waals surface area contributed by atoms with Crippen molar-refractivity contribution >= 4 is 57.5 Å². The highest BCUT2D eigenvalue weighted by Crippen LogP contribution is 2.31. The highest BCUT2D eigenvalue weighted by Gasteiger charge is 2.23. The number of benzene rings is 2. The molecule has 10 rings (SSSR count). The molecule has 0 unspecified atom stereocenters. The Bertz CT molecular complexity index is 3280. The van der Waals surface area contributed by atoms with E-state index in [1.165, 1.54) is 39.6 Å². The number of anilines is 4. The average molecular weight is 1050 g/mol. The minimum Gasteiger partial charge on any atom is -0.323 e. The molecule has 0 radical (unpaired) electrons. The van der Waals surface area contributed by atoms with Crippen molar-refractivity contribution < 1.29 is 9.59 Å². The fraction of sp³-hybridized carbons (Fsp3) is 0.404. The van der Waals surface area contributed by atoms with Crippen LogP contribution in [0, 0.1) is 13.8 Å². The van der Waals surface area contributed by atoms with Crippen LogP contribution in [0.5, 0.6) is 0 Å². The lowest BCUT2D eigenvalue weighted by Crippen LogP contribution is -2.16. The van der Waals surface area contributed by atoms with E-state index in [-0.39, 0.29) is 22.4 Å². The number of nitrogens with zero attached hydrogens (tertiary/aromatic N) is 11. The molecule has 75 heavy (non-hydrogen) atoms. The van der Waals surface area contributed by atoms with E-state index in [2.05, 4.69) is 176 Å². The van der Waals surface area contributed by atoms with E-state index in [4.69, 9.17) is 5.10 Å². The first-order chi connectivity index (χ1) is 35.9. The van der Waals surface area contributed by atoms with Crippen LogP contribution in [0.1, 0.15) is 130 Å². The van der Waals surface area contributed by atoms with E-state index in [9.17, 15) is 9.59 Å². The first-order valence-electron chi connectivity index (χ1n) is 25.8. The molecule has 0 fully saturated rings. The van der Waals surface area contributed by atoms with Crippen molar-refractivity contribution in [3.05, 3.63) is 139 Å². The topological polar surface area (TPSA) is 186 Å². The molecule has 3 N–H and O–H groups in total. The lowest BCUT2D eigenvalue weighted by molar-refractivity contribution is 0.0978. The van der Waals surface area contributed by atoms with Crippen LogP contribution < -0.4 is 16.0 Å². The summed E-state index contributed by atoms with van der Waals surface area (Å²) in [4.78, 5) is 56.0. The largest absolute Gasteiger partial charge is 0.323 e. The predicted octanol–water partition coefficient (Wildman–Crippen LogP) is 11.3. The number of Topliss-reactive ketones (excluding diaryl/α,β-unsaturated/α-hetero) is 2. The molecular weight excluding hydrogens is 977 g/mol. The maximum absolute atomic E-state index is 12.8. The molecule has 0 bridgehead atoms. The van der Waals surface area contributed by atoms with Crippen molar-refractivity contribution in [3.63, 3.8) is 0 Å². The van der Waals surface area contributed by atoms with Crippen molar-refractivity contribution in [2.75, 3.05) is 30.8 Å². The summed E-state index contributed by atoms with van der Waals surface area (Å²) < 4.78 is 4.13. The van der Waals surface area contributed by atoms with Gasteiger partial charge >= 0.3 is 0 Å². The quantitative estimate of drug-likeness (QED) is 0.0873. The van der Waals surface area contributed by atoms with Crippen molar-refractivity contribution in [3.8, 4) is 22.5 Å². The Morgan fingerprint density at radius 2 is 1.09 bits per heavy atom. The lowest BCUT2D eigenvalue weighted by atomic mass is 9.98. The molecule has 2 aliphatic heterocycles. The standard InChI is InChI=1S/C29H35N7OS.C28H33N7OS/c1-19-13-21(8-7-20(19)9-10-24(37)25-16-30-28(38-25)29(2,3)4)23-15-26(32-18-31-23)33-27-14-22-17-35(5)11-6-12-36(22)34-27;1-18-12-20(7-6-19(18)8-9-23(36)24-16-30-27(37-24)28(2,3)4)22-14-25(32-17-31-22)33-26-13-21-15-29-10-5-11-35(21)34-26/h7-8,13-16,18H,6,9-12,17H2,1-5H3,(H,31,32,33,34);6-7,12-14,16-17,29H,5,8-11,15H2,1-4H3,(H,31,32,33,34). The number of carbonyl (C=O) groups excluding carboxylic acids is 2. The third-order valence-corrected chi connectivity index (χ3v) is 16.2. The Kier molecular flexibility index (Phi) is 16.2. The first-order valence-corrected chi connectivity index (χ1v) is 27.4. The van der Waals surface area contributed by atoms with Crippen LogP contribution in [0.15, 0.2) is 85.7 Å². The molecular formula is C57H68N14O2S2. The van der Waals surface area contributed by atoms with Gasteiger partial charge in [0.1, 0.15) is 24.3 Å². The van der Waals surface area contributed by atoms with E-state index in [0.29, 0.717) is 37.3 Å². The zero-order valence-corrected chi connectivity index (χ0v) is 46.3. The molecule has 2 aromatic carbocycles. The molecule has 390 valence electrons. The number of nitrogens with one attached hydrogen (secondary N) is 3. The second-order valence-electron chi connectivity index (χ2n) is 21.6. The maximum Gasteiger partial charge on any atom is 0.174 e. The van der Waals surface area contributed by atoms with Gasteiger partial charge < -0.3 is 20.9 Å². The van der Waals surface area contributed by atoms with Crippen LogP contribution in [0.4, 0.5) is 23.3 Å². The van der Waals surface area contributed by atoms with Gasteiger partial charge in [-0.15, -0.1) is 22.7 Å². The Labute approximate surface area is 447 Å². The molecule has 0 spiro atoms. The van der Waals surface area contributed by atoms with Gasteiger partial charge in [0.15, 0.2) is 23.2 Å². The van der Waals surface area contributed by atoms with Crippen molar-refractivity contribution in [1.82, 2.24) is 59.7 Å². The van der Waals surface area contributed by atoms with E-state index in [1.54, 1.807) is 25.0 Å². The van der Waals surface area contributed by atoms with Crippen LogP contribution >= 0.6 is 22.7 Å². The number of hydrogen-bond acceptors (Lipinski definition) is 16. The highest BCUT2D eigenvalue weighted by atomic mass is 32.1. The summed E-state index contributed by atoms with van der Waals surface area (Å²) in [6, 6.07) is 20.6. The van der Waals surface area contributed by atoms with Crippen LogP contribution in [-0.2, 0) is 49.9 Å². The Balaban J connectivity index is 0.000000184. The molecule has 8 aromatic rings. The number of thiazole rings is 2. The molecule has 0 amide bonds. The molecule has 0 saturated carbocycles. The Morgan fingerprint density at radius 3 is 1.59 bits per heavy atom. The van der Waals surface area contributed by atoms with E-state index < -0.39 is 0 Å². The van der Waals surface area contributed by atoms with Crippen LogP contribution in [0.2, 0.25) is 0 Å². The number of hydrogen-bond donors (Lipinski definition) is 3. The fourth-order valence-electron chi connectivity index (χ4n) is 9.05. The summed E-state index contributed by atoms with van der Waals surface area (Å²) in [5.74, 6) is 3.30. The molecule has 0 atom stereocenters. The summed E-state index contributed by atoms with van der Waals surface area (Å²) >= 11 is 3.02. The van der Waals surface area contributed by atoms with Crippen LogP contribution in [-0.4, -0.2) is 86.1 Å². The number of fused-ring (bicyclic) bond motifs is 2. The van der Waals surface area contributed by atoms with Gasteiger partial charge in [-0.1, -0.05) is 65.8 Å². The van der Waals surface area contributed by atoms with Crippen molar-refractivity contribution in [2.45, 2.75) is 131 Å². The number of ketones is 2. The van der Waals surface area contributed by atoms with Gasteiger partial charge in [-0.2, -0.15) is 10.2 Å². The van der Waals surface area contributed by atoms with Gasteiger partial charge in [0, 0.05) is 104 Å². The Morgan fingerprint density at radius 1 is 0.600 bits per heavy atom. The van der Waals surface area contributed by atoms with Crippen molar-refractivity contribution in [1.29, 1.82) is 0 Å². The second kappa shape index (κ2) is 22.9. The fourth-order valence-corrected chi connectivity index (χ4v) is 10.9. The molecule has 16 nitrogen and oxygen atoms in total. The van der Waals surface area contributed by atoms with Gasteiger partial charge in [0.2, 0.25) is 0 Å². The van der Waals surface area contributed by atoms with Crippen LogP contribution in [0.3, 0.4) is 0 Å². The summed E-state index contributed by atoms with van der Waals surface area (Å²) in [6.07, 6.45) is 11.1. The zero-order valence-electron chi connectivity index (χ0n) is 44.6. The molecule has 8 heterocycles. The monoisotopic (exact) mass is 1040 g/mol. The molecule has 18 heteroatoms. The van der Waals surface area contributed by atoms with E-state index >= 15 is 0 Å². The van der Waals surface area contributed by atoms with Gasteiger partial charge in [-0.25, -0.2) is 29.9 Å². The number of rotatable bonds is 14. The number of carbonyl (C=O) groups is 2. The predicted molar refractivity (Wildman–Crippen MR) is 300 cm³/mol. The summed E-state index contributed by atoms with van der Waals surface area (Å²) in [6.45, 7) is 22.5. The summed E-state index contributed by atoms with van der Waals surface area (Å²) in [5.41, 5.74) is 10.6. The second-order valence-corrected chi connectivity index (χ2v) is 23.7. The van der Waals surface area contributed by atoms with Gasteiger partial charge in [-0.3, -0.25) is 19.0 Å². The lowest BCUT2D eigenvalue weighted by Gasteiger charge is -2.13. The molecule has 2 aliphatic rings. The van der Waals surface area contributed by atoms with Gasteiger partial charge in [0.25, 0.3) is 0 Å². The van der Waals surface area contributed by atoms with Crippen molar-refractivity contribution in [2.24, 2.45) is 0 Å².